The van der Waals surface area contributed by atoms with E-state index in [4.69, 9.17) is 9.97 Å². The SMILES string of the molecule is CC(C)C.Cc1cc(-c2ccc3ccc4ccc(-c5cc(C(C)(C)C)cc(-c6cccs6)c5O)nc4c3n2)c(O)c(-c2cccs2)c1. The van der Waals surface area contributed by atoms with Crippen LogP contribution in [0.2, 0.25) is 0 Å². The summed E-state index contributed by atoms with van der Waals surface area (Å²) in [6.07, 6.45) is 0. The van der Waals surface area contributed by atoms with E-state index in [0.717, 1.165) is 59.7 Å². The summed E-state index contributed by atoms with van der Waals surface area (Å²) in [5.41, 5.74) is 7.93. The van der Waals surface area contributed by atoms with Gasteiger partial charge in [-0.25, -0.2) is 9.97 Å². The molecule has 4 heterocycles. The van der Waals surface area contributed by atoms with Crippen LogP contribution in [0.4, 0.5) is 0 Å². The van der Waals surface area contributed by atoms with E-state index in [1.807, 2.05) is 78.3 Å². The van der Waals surface area contributed by atoms with Gasteiger partial charge in [0.25, 0.3) is 0 Å². The highest BCUT2D eigenvalue weighted by Crippen LogP contribution is 2.44. The number of pyridine rings is 2. The lowest BCUT2D eigenvalue weighted by Crippen LogP contribution is -2.11. The van der Waals surface area contributed by atoms with Crippen molar-refractivity contribution in [3.63, 3.8) is 0 Å². The molecule has 0 bridgehead atoms. The maximum atomic E-state index is 11.6. The van der Waals surface area contributed by atoms with Gasteiger partial charge in [0.05, 0.1) is 22.4 Å². The first-order valence-corrected chi connectivity index (χ1v) is 17.7. The van der Waals surface area contributed by atoms with Gasteiger partial charge in [0.1, 0.15) is 11.5 Å². The van der Waals surface area contributed by atoms with E-state index in [9.17, 15) is 10.2 Å². The van der Waals surface area contributed by atoms with Crippen LogP contribution >= 0.6 is 22.7 Å². The molecule has 0 aliphatic rings. The molecule has 0 radical (unpaired) electrons. The molecule has 47 heavy (non-hydrogen) atoms. The minimum absolute atomic E-state index is 0.119. The minimum Gasteiger partial charge on any atom is -0.507 e. The number of thiophene rings is 2. The summed E-state index contributed by atoms with van der Waals surface area (Å²) in [6.45, 7) is 15.1. The van der Waals surface area contributed by atoms with Gasteiger partial charge in [-0.05, 0) is 88.7 Å². The van der Waals surface area contributed by atoms with Gasteiger partial charge >= 0.3 is 0 Å². The van der Waals surface area contributed by atoms with Crippen LogP contribution < -0.4 is 0 Å². The largest absolute Gasteiger partial charge is 0.507 e. The molecule has 0 amide bonds. The summed E-state index contributed by atoms with van der Waals surface area (Å²) in [5.74, 6) is 1.28. The van der Waals surface area contributed by atoms with Crippen molar-refractivity contribution in [3.05, 3.63) is 107 Å². The third kappa shape index (κ3) is 6.67. The number of nitrogens with zero attached hydrogens (tertiary/aromatic N) is 2. The Morgan fingerprint density at radius 3 is 1.45 bits per heavy atom. The number of phenolic OH excluding ortho intramolecular Hbond substituents is 2. The number of benzene rings is 3. The van der Waals surface area contributed by atoms with Crippen LogP contribution in [-0.2, 0) is 5.41 Å². The van der Waals surface area contributed by atoms with Gasteiger partial charge < -0.3 is 10.2 Å². The predicted octanol–water partition coefficient (Wildman–Crippen LogP) is 12.3. The maximum Gasteiger partial charge on any atom is 0.133 e. The molecule has 4 nitrogen and oxygen atoms in total. The molecule has 0 aliphatic heterocycles. The van der Waals surface area contributed by atoms with Crippen molar-refractivity contribution in [1.82, 2.24) is 9.97 Å². The second kappa shape index (κ2) is 12.9. The van der Waals surface area contributed by atoms with E-state index < -0.39 is 0 Å². The van der Waals surface area contributed by atoms with E-state index in [2.05, 4.69) is 65.8 Å². The van der Waals surface area contributed by atoms with Crippen LogP contribution in [0.1, 0.15) is 52.7 Å². The lowest BCUT2D eigenvalue weighted by molar-refractivity contribution is 0.478. The van der Waals surface area contributed by atoms with Crippen LogP contribution in [0, 0.1) is 12.8 Å². The molecule has 6 heteroatoms. The van der Waals surface area contributed by atoms with Crippen molar-refractivity contribution >= 4 is 44.5 Å². The average molecular weight is 657 g/mol. The summed E-state index contributed by atoms with van der Waals surface area (Å²) in [6, 6.07) is 28.3. The minimum atomic E-state index is -0.119. The Morgan fingerprint density at radius 2 is 1.00 bits per heavy atom. The highest BCUT2D eigenvalue weighted by atomic mass is 32.1. The molecule has 3 aromatic carbocycles. The molecule has 0 aliphatic carbocycles. The van der Waals surface area contributed by atoms with E-state index in [0.29, 0.717) is 22.5 Å². The highest BCUT2D eigenvalue weighted by molar-refractivity contribution is 7.13. The van der Waals surface area contributed by atoms with Crippen molar-refractivity contribution in [2.24, 2.45) is 5.92 Å². The number of aromatic nitrogens is 2. The molecular formula is C41H40N2O2S2. The lowest BCUT2D eigenvalue weighted by atomic mass is 9.84. The zero-order valence-corrected chi connectivity index (χ0v) is 29.6. The Hall–Kier alpha value is -4.52. The van der Waals surface area contributed by atoms with Crippen molar-refractivity contribution in [2.45, 2.75) is 53.9 Å². The summed E-state index contributed by atoms with van der Waals surface area (Å²) in [7, 11) is 0. The number of phenols is 2. The summed E-state index contributed by atoms with van der Waals surface area (Å²) < 4.78 is 0. The van der Waals surface area contributed by atoms with Gasteiger partial charge in [0.15, 0.2) is 0 Å². The zero-order valence-electron chi connectivity index (χ0n) is 27.9. The molecule has 238 valence electrons. The third-order valence-electron chi connectivity index (χ3n) is 7.88. The first kappa shape index (κ1) is 32.4. The number of aromatic hydroxyl groups is 2. The standard InChI is InChI=1S/C37H30N2O2S2.C4H10/c1-21-17-25(35(40)27(18-21)31-7-5-15-42-31)29-13-11-22-9-10-23-12-14-30(39-34(23)33(22)38-29)26-19-24(37(2,3)4)20-28(36(26)41)32-8-6-16-43-32;1-4(2)3/h5-20,40-41H,1-4H3;4H,1-3H3. The van der Waals surface area contributed by atoms with Crippen LogP contribution in [0.25, 0.3) is 65.2 Å². The van der Waals surface area contributed by atoms with Gasteiger partial charge in [-0.1, -0.05) is 77.9 Å². The fraction of sp³-hybridized carbons (Fsp3) is 0.220. The van der Waals surface area contributed by atoms with E-state index in [1.54, 1.807) is 22.7 Å². The second-order valence-electron chi connectivity index (χ2n) is 13.7. The Kier molecular flexibility index (Phi) is 8.93. The zero-order chi connectivity index (χ0) is 33.5. The quantitative estimate of drug-likeness (QED) is 0.185. The van der Waals surface area contributed by atoms with E-state index in [-0.39, 0.29) is 16.9 Å². The van der Waals surface area contributed by atoms with Crippen molar-refractivity contribution in [2.75, 3.05) is 0 Å². The van der Waals surface area contributed by atoms with Gasteiger partial charge in [-0.15, -0.1) is 22.7 Å². The molecule has 0 atom stereocenters. The second-order valence-corrected chi connectivity index (χ2v) is 15.6. The predicted molar refractivity (Wildman–Crippen MR) is 202 cm³/mol. The number of hydrogen-bond acceptors (Lipinski definition) is 6. The normalized spacial score (nSPS) is 11.7. The first-order valence-electron chi connectivity index (χ1n) is 15.9. The summed E-state index contributed by atoms with van der Waals surface area (Å²) in [4.78, 5) is 12.3. The Bertz CT molecular complexity index is 2190. The molecule has 7 rings (SSSR count). The van der Waals surface area contributed by atoms with Gasteiger partial charge in [-0.2, -0.15) is 0 Å². The monoisotopic (exact) mass is 656 g/mol. The first-order chi connectivity index (χ1) is 22.4. The molecule has 0 spiro atoms. The molecular weight excluding hydrogens is 617 g/mol. The van der Waals surface area contributed by atoms with Crippen molar-refractivity contribution in [3.8, 4) is 54.9 Å². The van der Waals surface area contributed by atoms with Crippen LogP contribution in [0.5, 0.6) is 11.5 Å². The molecule has 7 aromatic rings. The smallest absolute Gasteiger partial charge is 0.133 e. The molecule has 0 saturated heterocycles. The molecule has 0 unspecified atom stereocenters. The number of aryl methyl sites for hydroxylation is 1. The lowest BCUT2D eigenvalue weighted by Gasteiger charge is -2.22. The fourth-order valence-corrected chi connectivity index (χ4v) is 7.03. The third-order valence-corrected chi connectivity index (χ3v) is 9.68. The Morgan fingerprint density at radius 1 is 0.596 bits per heavy atom. The Labute approximate surface area is 285 Å². The molecule has 0 fully saturated rings. The molecule has 2 N–H and O–H groups in total. The van der Waals surface area contributed by atoms with Crippen LogP contribution in [0.15, 0.2) is 95.7 Å². The van der Waals surface area contributed by atoms with Crippen LogP contribution in [-0.4, -0.2) is 20.2 Å². The van der Waals surface area contributed by atoms with Crippen molar-refractivity contribution < 1.29 is 10.2 Å². The van der Waals surface area contributed by atoms with Crippen molar-refractivity contribution in [1.29, 1.82) is 0 Å². The topological polar surface area (TPSA) is 66.2 Å². The van der Waals surface area contributed by atoms with Crippen LogP contribution in [0.3, 0.4) is 0 Å². The number of fused-ring (bicyclic) bond motifs is 3. The molecule has 4 aromatic heterocycles. The number of rotatable bonds is 4. The fourth-order valence-electron chi connectivity index (χ4n) is 5.54. The van der Waals surface area contributed by atoms with E-state index in [1.165, 1.54) is 0 Å². The number of hydrogen-bond donors (Lipinski definition) is 2. The average Bonchev–Trinajstić information content (AvgIpc) is 3.76. The van der Waals surface area contributed by atoms with E-state index >= 15 is 0 Å². The highest BCUT2D eigenvalue weighted by Gasteiger charge is 2.22. The Balaban J connectivity index is 0.000000915. The van der Waals surface area contributed by atoms with Gasteiger partial charge in [-0.3, -0.25) is 0 Å². The summed E-state index contributed by atoms with van der Waals surface area (Å²) in [5, 5.41) is 28.9. The van der Waals surface area contributed by atoms with Gasteiger partial charge in [0.2, 0.25) is 0 Å². The maximum absolute atomic E-state index is 11.6. The molecule has 0 saturated carbocycles. The summed E-state index contributed by atoms with van der Waals surface area (Å²) >= 11 is 3.21. The van der Waals surface area contributed by atoms with Gasteiger partial charge in [0, 0.05) is 42.8 Å².